The van der Waals surface area contributed by atoms with E-state index in [1.165, 1.54) is 244 Å². The topological polar surface area (TPSA) is 95.9 Å². The number of amides is 1. The Hall–Kier alpha value is -1.40. The van der Waals surface area contributed by atoms with Crippen molar-refractivity contribution in [3.05, 3.63) is 12.2 Å². The average molecular weight is 891 g/mol. The van der Waals surface area contributed by atoms with Gasteiger partial charge in [-0.15, -0.1) is 0 Å². The van der Waals surface area contributed by atoms with Crippen LogP contribution >= 0.6 is 0 Å². The molecular formula is C57H111NO5. The van der Waals surface area contributed by atoms with E-state index in [1.807, 2.05) is 0 Å². The van der Waals surface area contributed by atoms with Crippen LogP contribution in [0, 0.1) is 0 Å². The number of hydrogen-bond acceptors (Lipinski definition) is 5. The fraction of sp³-hybridized carbons (Fsp3) is 0.930. The van der Waals surface area contributed by atoms with Gasteiger partial charge in [-0.3, -0.25) is 9.59 Å². The molecule has 1 amide bonds. The highest BCUT2D eigenvalue weighted by Crippen LogP contribution is 2.17. The van der Waals surface area contributed by atoms with Crippen molar-refractivity contribution in [3.63, 3.8) is 0 Å². The zero-order valence-corrected chi connectivity index (χ0v) is 42.6. The van der Waals surface area contributed by atoms with Crippen LogP contribution in [0.15, 0.2) is 12.2 Å². The first-order chi connectivity index (χ1) is 31.0. The van der Waals surface area contributed by atoms with Gasteiger partial charge in [0.05, 0.1) is 25.4 Å². The smallest absolute Gasteiger partial charge is 0.305 e. The molecule has 0 aromatic rings. The summed E-state index contributed by atoms with van der Waals surface area (Å²) in [6, 6.07) is -0.543. The lowest BCUT2D eigenvalue weighted by molar-refractivity contribution is -0.143. The Bertz CT molecular complexity index is 939. The van der Waals surface area contributed by atoms with E-state index in [4.69, 9.17) is 4.74 Å². The normalized spacial score (nSPS) is 12.6. The summed E-state index contributed by atoms with van der Waals surface area (Å²) >= 11 is 0. The fourth-order valence-corrected chi connectivity index (χ4v) is 8.93. The molecule has 0 rings (SSSR count). The number of rotatable bonds is 53. The van der Waals surface area contributed by atoms with E-state index >= 15 is 0 Å². The predicted molar refractivity (Wildman–Crippen MR) is 273 cm³/mol. The molecule has 0 saturated heterocycles. The third-order valence-electron chi connectivity index (χ3n) is 13.3. The van der Waals surface area contributed by atoms with Crippen molar-refractivity contribution in [1.82, 2.24) is 5.32 Å². The number of nitrogens with one attached hydrogen (secondary N) is 1. The van der Waals surface area contributed by atoms with Crippen LogP contribution in [0.25, 0.3) is 0 Å². The first-order valence-corrected chi connectivity index (χ1v) is 28.4. The summed E-state index contributed by atoms with van der Waals surface area (Å²) in [5.74, 6) is -0.0306. The van der Waals surface area contributed by atoms with Crippen LogP contribution in [0.4, 0.5) is 0 Å². The standard InChI is InChI=1S/C57H111NO5/c1-3-5-7-9-11-13-14-15-24-28-31-35-39-43-47-51-57(62)63-52-48-44-40-36-32-29-26-23-21-19-17-16-18-20-22-25-27-30-34-38-42-46-50-56(61)58-54(53-59)55(60)49-45-41-37-33-12-10-8-6-4-2/h18,20,54-55,59-60H,3-17,19,21-53H2,1-2H3,(H,58,61)/b20-18-. The van der Waals surface area contributed by atoms with Crippen LogP contribution in [-0.4, -0.2) is 47.4 Å². The highest BCUT2D eigenvalue weighted by Gasteiger charge is 2.20. The van der Waals surface area contributed by atoms with Crippen molar-refractivity contribution >= 4 is 11.9 Å². The van der Waals surface area contributed by atoms with Gasteiger partial charge in [0.25, 0.3) is 0 Å². The van der Waals surface area contributed by atoms with Crippen molar-refractivity contribution in [2.75, 3.05) is 13.2 Å². The van der Waals surface area contributed by atoms with Gasteiger partial charge in [0, 0.05) is 12.8 Å². The third-order valence-corrected chi connectivity index (χ3v) is 13.3. The maximum absolute atomic E-state index is 12.4. The van der Waals surface area contributed by atoms with E-state index in [0.29, 0.717) is 25.9 Å². The minimum absolute atomic E-state index is 0.0130. The number of aliphatic hydroxyl groups is 2. The second-order valence-corrected chi connectivity index (χ2v) is 19.6. The fourth-order valence-electron chi connectivity index (χ4n) is 8.93. The Morgan fingerprint density at radius 1 is 0.429 bits per heavy atom. The lowest BCUT2D eigenvalue weighted by Gasteiger charge is -2.22. The van der Waals surface area contributed by atoms with Crippen LogP contribution < -0.4 is 5.32 Å². The van der Waals surface area contributed by atoms with Gasteiger partial charge >= 0.3 is 5.97 Å². The van der Waals surface area contributed by atoms with Gasteiger partial charge in [-0.05, 0) is 51.4 Å². The van der Waals surface area contributed by atoms with Gasteiger partial charge in [0.1, 0.15) is 0 Å². The molecule has 6 nitrogen and oxygen atoms in total. The second-order valence-electron chi connectivity index (χ2n) is 19.6. The summed E-state index contributed by atoms with van der Waals surface area (Å²) in [6.45, 7) is 4.94. The van der Waals surface area contributed by atoms with Crippen LogP contribution in [0.1, 0.15) is 316 Å². The predicted octanol–water partition coefficient (Wildman–Crippen LogP) is 17.3. The van der Waals surface area contributed by atoms with E-state index in [0.717, 1.165) is 38.5 Å². The molecule has 63 heavy (non-hydrogen) atoms. The molecule has 0 heterocycles. The molecule has 0 saturated carbocycles. The summed E-state index contributed by atoms with van der Waals surface area (Å²) in [6.07, 6.45) is 62.1. The largest absolute Gasteiger partial charge is 0.466 e. The Morgan fingerprint density at radius 3 is 1.13 bits per heavy atom. The molecule has 0 fully saturated rings. The molecule has 3 N–H and O–H groups in total. The first-order valence-electron chi connectivity index (χ1n) is 28.4. The van der Waals surface area contributed by atoms with E-state index < -0.39 is 12.1 Å². The van der Waals surface area contributed by atoms with Gasteiger partial charge in [-0.25, -0.2) is 0 Å². The van der Waals surface area contributed by atoms with E-state index in [-0.39, 0.29) is 18.5 Å². The van der Waals surface area contributed by atoms with Gasteiger partial charge in [-0.2, -0.15) is 0 Å². The van der Waals surface area contributed by atoms with Crippen LogP contribution in [0.5, 0.6) is 0 Å². The zero-order valence-electron chi connectivity index (χ0n) is 42.6. The quantitative estimate of drug-likeness (QED) is 0.0321. The summed E-state index contributed by atoms with van der Waals surface area (Å²) in [7, 11) is 0. The van der Waals surface area contributed by atoms with Crippen molar-refractivity contribution in [2.24, 2.45) is 0 Å². The van der Waals surface area contributed by atoms with Crippen LogP contribution in [0.2, 0.25) is 0 Å². The minimum Gasteiger partial charge on any atom is -0.466 e. The van der Waals surface area contributed by atoms with Crippen molar-refractivity contribution in [2.45, 2.75) is 328 Å². The summed E-state index contributed by atoms with van der Waals surface area (Å²) < 4.78 is 5.48. The number of aliphatic hydroxyl groups excluding tert-OH is 2. The van der Waals surface area contributed by atoms with E-state index in [9.17, 15) is 19.8 Å². The number of hydrogen-bond donors (Lipinski definition) is 3. The van der Waals surface area contributed by atoms with Gasteiger partial charge in [0.2, 0.25) is 5.91 Å². The monoisotopic (exact) mass is 890 g/mol. The Morgan fingerprint density at radius 2 is 0.746 bits per heavy atom. The van der Waals surface area contributed by atoms with Gasteiger partial charge < -0.3 is 20.3 Å². The number of allylic oxidation sites excluding steroid dienone is 2. The Balaban J connectivity index is 3.37. The van der Waals surface area contributed by atoms with Crippen molar-refractivity contribution < 1.29 is 24.5 Å². The highest BCUT2D eigenvalue weighted by atomic mass is 16.5. The summed E-state index contributed by atoms with van der Waals surface area (Å²) in [5, 5.41) is 23.1. The highest BCUT2D eigenvalue weighted by molar-refractivity contribution is 5.76. The minimum atomic E-state index is -0.665. The van der Waals surface area contributed by atoms with Crippen molar-refractivity contribution in [1.29, 1.82) is 0 Å². The second kappa shape index (κ2) is 53.2. The Kier molecular flexibility index (Phi) is 52.0. The van der Waals surface area contributed by atoms with Gasteiger partial charge in [-0.1, -0.05) is 264 Å². The maximum atomic E-state index is 12.4. The number of esters is 1. The average Bonchev–Trinajstić information content (AvgIpc) is 3.28. The number of carbonyl (C=O) groups is 2. The zero-order chi connectivity index (χ0) is 45.8. The third kappa shape index (κ3) is 49.9. The van der Waals surface area contributed by atoms with Crippen LogP contribution in [-0.2, 0) is 14.3 Å². The number of ether oxygens (including phenoxy) is 1. The molecule has 0 aromatic carbocycles. The Labute approximate surface area is 393 Å². The lowest BCUT2D eigenvalue weighted by atomic mass is 10.0. The number of unbranched alkanes of at least 4 members (excludes halogenated alkanes) is 40. The first kappa shape index (κ1) is 61.6. The SMILES string of the molecule is CCCCCCCCCCCCCCCCCC(=O)OCCCCCCCCCCCCC/C=C\CCCCCCCCCC(=O)NC(CO)C(O)CCCCCCCCCCC. The van der Waals surface area contributed by atoms with E-state index in [2.05, 4.69) is 31.3 Å². The number of carbonyl (C=O) groups excluding carboxylic acids is 2. The molecule has 0 aliphatic rings. The molecule has 0 aliphatic heterocycles. The molecule has 0 spiro atoms. The molecule has 0 bridgehead atoms. The molecule has 0 radical (unpaired) electrons. The van der Waals surface area contributed by atoms with Gasteiger partial charge in [0.15, 0.2) is 0 Å². The molecule has 2 unspecified atom stereocenters. The summed E-state index contributed by atoms with van der Waals surface area (Å²) in [4.78, 5) is 24.4. The molecule has 2 atom stereocenters. The van der Waals surface area contributed by atoms with E-state index in [1.54, 1.807) is 0 Å². The molecular weight excluding hydrogens is 779 g/mol. The molecule has 0 aromatic heterocycles. The molecule has 0 aliphatic carbocycles. The molecule has 6 heteroatoms. The maximum Gasteiger partial charge on any atom is 0.305 e. The lowest BCUT2D eigenvalue weighted by Crippen LogP contribution is -2.45. The van der Waals surface area contributed by atoms with Crippen molar-refractivity contribution in [3.8, 4) is 0 Å². The van der Waals surface area contributed by atoms with Crippen LogP contribution in [0.3, 0.4) is 0 Å². The summed E-state index contributed by atoms with van der Waals surface area (Å²) in [5.41, 5.74) is 0. The molecule has 374 valence electrons.